The molecule has 3 amide bonds. The standard InChI is InChI=1S/C22H21N3O6/c1-14(30-3)19(22(28)25(2)29)24-21(27)16-10-8-15(9-11-16)6-4-5-7-17-12-13-18(31-17)20(23)26/h8-14,19,29H,1-3H3,(H2,23,26)(H,24,27)/t14-,19+/m1/s1. The van der Waals surface area contributed by atoms with E-state index in [0.717, 1.165) is 0 Å². The molecule has 0 spiro atoms. The Hall–Kier alpha value is -4.05. The van der Waals surface area contributed by atoms with Crippen LogP contribution in [0.5, 0.6) is 0 Å². The Morgan fingerprint density at radius 3 is 2.32 bits per heavy atom. The van der Waals surface area contributed by atoms with Crippen LogP contribution in [-0.2, 0) is 9.53 Å². The second-order valence-electron chi connectivity index (χ2n) is 6.36. The Morgan fingerprint density at radius 2 is 1.77 bits per heavy atom. The van der Waals surface area contributed by atoms with E-state index in [2.05, 4.69) is 29.0 Å². The largest absolute Gasteiger partial charge is 0.443 e. The van der Waals surface area contributed by atoms with Crippen molar-refractivity contribution in [1.29, 1.82) is 0 Å². The van der Waals surface area contributed by atoms with Crippen molar-refractivity contribution >= 4 is 17.7 Å². The smallest absolute Gasteiger partial charge is 0.284 e. The minimum absolute atomic E-state index is 0.0144. The predicted octanol–water partition coefficient (Wildman–Crippen LogP) is 0.763. The molecule has 2 atom stereocenters. The van der Waals surface area contributed by atoms with Crippen LogP contribution in [0.2, 0.25) is 0 Å². The second-order valence-corrected chi connectivity index (χ2v) is 6.36. The molecule has 1 heterocycles. The van der Waals surface area contributed by atoms with Gasteiger partial charge in [-0.2, -0.15) is 0 Å². The number of hydrogen-bond acceptors (Lipinski definition) is 6. The van der Waals surface area contributed by atoms with Crippen molar-refractivity contribution in [3.8, 4) is 23.7 Å². The molecule has 0 saturated carbocycles. The molecule has 0 unspecified atom stereocenters. The first-order chi connectivity index (χ1) is 14.7. The van der Waals surface area contributed by atoms with Crippen molar-refractivity contribution in [2.75, 3.05) is 14.2 Å². The van der Waals surface area contributed by atoms with Gasteiger partial charge in [0.25, 0.3) is 17.7 Å². The summed E-state index contributed by atoms with van der Waals surface area (Å²) in [4.78, 5) is 35.5. The predicted molar refractivity (Wildman–Crippen MR) is 110 cm³/mol. The summed E-state index contributed by atoms with van der Waals surface area (Å²) in [5, 5.41) is 12.3. The van der Waals surface area contributed by atoms with Gasteiger partial charge < -0.3 is 20.2 Å². The summed E-state index contributed by atoms with van der Waals surface area (Å²) in [5.41, 5.74) is 6.00. The number of nitrogens with two attached hydrogens (primary N) is 1. The van der Waals surface area contributed by atoms with Crippen LogP contribution < -0.4 is 11.1 Å². The van der Waals surface area contributed by atoms with Crippen LogP contribution in [0.25, 0.3) is 0 Å². The summed E-state index contributed by atoms with van der Waals surface area (Å²) in [6.07, 6.45) is -0.650. The first kappa shape index (κ1) is 23.2. The number of rotatable bonds is 6. The lowest BCUT2D eigenvalue weighted by Gasteiger charge is -2.25. The first-order valence-electron chi connectivity index (χ1n) is 9.04. The number of primary amides is 1. The molecule has 0 bridgehead atoms. The topological polar surface area (TPSA) is 135 Å². The van der Waals surface area contributed by atoms with E-state index in [1.807, 2.05) is 0 Å². The molecule has 0 aliphatic heterocycles. The van der Waals surface area contributed by atoms with Gasteiger partial charge in [0.1, 0.15) is 6.04 Å². The Bertz CT molecular complexity index is 1080. The fourth-order valence-corrected chi connectivity index (χ4v) is 2.38. The van der Waals surface area contributed by atoms with Crippen molar-refractivity contribution in [3.05, 3.63) is 59.0 Å². The van der Waals surface area contributed by atoms with E-state index in [1.165, 1.54) is 26.3 Å². The average Bonchev–Trinajstić information content (AvgIpc) is 3.23. The molecule has 0 aliphatic rings. The van der Waals surface area contributed by atoms with Crippen LogP contribution in [0, 0.1) is 23.7 Å². The monoisotopic (exact) mass is 423 g/mol. The van der Waals surface area contributed by atoms with Crippen molar-refractivity contribution < 1.29 is 28.7 Å². The highest BCUT2D eigenvalue weighted by Crippen LogP contribution is 2.07. The van der Waals surface area contributed by atoms with Gasteiger partial charge in [0.15, 0.2) is 11.5 Å². The Morgan fingerprint density at radius 1 is 1.13 bits per heavy atom. The normalized spacial score (nSPS) is 11.7. The molecule has 0 saturated heterocycles. The highest BCUT2D eigenvalue weighted by molar-refractivity contribution is 5.97. The minimum atomic E-state index is -1.06. The number of carbonyl (C=O) groups excluding carboxylic acids is 3. The third-order valence-corrected chi connectivity index (χ3v) is 4.16. The third kappa shape index (κ3) is 6.47. The maximum absolute atomic E-state index is 12.5. The molecule has 9 heteroatoms. The molecular formula is C22H21N3O6. The number of furan rings is 1. The highest BCUT2D eigenvalue weighted by Gasteiger charge is 2.29. The van der Waals surface area contributed by atoms with Crippen molar-refractivity contribution in [3.63, 3.8) is 0 Å². The molecule has 0 aliphatic carbocycles. The van der Waals surface area contributed by atoms with Gasteiger partial charge in [0.2, 0.25) is 0 Å². The fourth-order valence-electron chi connectivity index (χ4n) is 2.38. The lowest BCUT2D eigenvalue weighted by molar-refractivity contribution is -0.164. The number of amides is 3. The summed E-state index contributed by atoms with van der Waals surface area (Å²) < 4.78 is 10.2. The molecule has 1 aromatic carbocycles. The molecule has 9 nitrogen and oxygen atoms in total. The van der Waals surface area contributed by atoms with E-state index >= 15 is 0 Å². The first-order valence-corrected chi connectivity index (χ1v) is 9.04. The zero-order valence-electron chi connectivity index (χ0n) is 17.1. The van der Waals surface area contributed by atoms with Crippen LogP contribution in [0.1, 0.15) is 39.2 Å². The summed E-state index contributed by atoms with van der Waals surface area (Å²) in [6.45, 7) is 1.60. The van der Waals surface area contributed by atoms with E-state index < -0.39 is 29.9 Å². The number of likely N-dealkylation sites (N-methyl/N-ethyl adjacent to an activating group) is 1. The summed E-state index contributed by atoms with van der Waals surface area (Å²) in [6, 6.07) is 8.21. The molecule has 0 fully saturated rings. The van der Waals surface area contributed by atoms with Crippen LogP contribution in [0.4, 0.5) is 0 Å². The number of nitrogens with zero attached hydrogens (tertiary/aromatic N) is 1. The molecule has 0 radical (unpaired) electrons. The molecule has 1 aromatic heterocycles. The Kier molecular flexibility index (Phi) is 7.98. The fraction of sp³-hybridized carbons (Fsp3) is 0.227. The van der Waals surface area contributed by atoms with Crippen LogP contribution >= 0.6 is 0 Å². The van der Waals surface area contributed by atoms with Gasteiger partial charge in [-0.1, -0.05) is 5.92 Å². The number of hydrogen-bond donors (Lipinski definition) is 3. The van der Waals surface area contributed by atoms with Crippen molar-refractivity contribution in [2.45, 2.75) is 19.1 Å². The molecule has 2 aromatic rings. The van der Waals surface area contributed by atoms with Gasteiger partial charge in [-0.3, -0.25) is 19.6 Å². The van der Waals surface area contributed by atoms with Crippen molar-refractivity contribution in [2.24, 2.45) is 5.73 Å². The van der Waals surface area contributed by atoms with Gasteiger partial charge in [0, 0.05) is 25.3 Å². The van der Waals surface area contributed by atoms with E-state index in [0.29, 0.717) is 16.2 Å². The SMILES string of the molecule is CO[C@H](C)[C@H](NC(=O)c1ccc(C#CC#Cc2ccc(C(N)=O)o2)cc1)C(=O)N(C)O. The molecule has 4 N–H and O–H groups in total. The van der Waals surface area contributed by atoms with Crippen LogP contribution in [0.15, 0.2) is 40.8 Å². The van der Waals surface area contributed by atoms with Gasteiger partial charge in [-0.15, -0.1) is 0 Å². The van der Waals surface area contributed by atoms with Gasteiger partial charge in [0.05, 0.1) is 6.10 Å². The molecule has 160 valence electrons. The number of carbonyl (C=O) groups is 3. The van der Waals surface area contributed by atoms with E-state index in [-0.39, 0.29) is 11.5 Å². The number of benzene rings is 1. The maximum atomic E-state index is 12.5. The van der Waals surface area contributed by atoms with Crippen LogP contribution in [0.3, 0.4) is 0 Å². The summed E-state index contributed by atoms with van der Waals surface area (Å²) in [5.74, 6) is 9.07. The van der Waals surface area contributed by atoms with E-state index in [9.17, 15) is 19.6 Å². The van der Waals surface area contributed by atoms with Crippen LogP contribution in [-0.4, -0.2) is 54.3 Å². The van der Waals surface area contributed by atoms with Crippen molar-refractivity contribution in [1.82, 2.24) is 10.4 Å². The van der Waals surface area contributed by atoms with E-state index in [1.54, 1.807) is 31.2 Å². The number of ether oxygens (including phenoxy) is 1. The van der Waals surface area contributed by atoms with E-state index in [4.69, 9.17) is 14.9 Å². The zero-order valence-corrected chi connectivity index (χ0v) is 17.1. The number of nitrogens with one attached hydrogen (secondary N) is 1. The average molecular weight is 423 g/mol. The lowest BCUT2D eigenvalue weighted by Crippen LogP contribution is -2.52. The third-order valence-electron chi connectivity index (χ3n) is 4.16. The minimum Gasteiger partial charge on any atom is -0.443 e. The van der Waals surface area contributed by atoms with Gasteiger partial charge in [-0.25, -0.2) is 5.06 Å². The van der Waals surface area contributed by atoms with Gasteiger partial charge in [-0.05, 0) is 61.1 Å². The molecule has 2 rings (SSSR count). The number of hydroxylamine groups is 2. The second kappa shape index (κ2) is 10.6. The quantitative estimate of drug-likeness (QED) is 0.357. The lowest BCUT2D eigenvalue weighted by atomic mass is 10.1. The maximum Gasteiger partial charge on any atom is 0.284 e. The number of methoxy groups -OCH3 is 1. The zero-order chi connectivity index (χ0) is 23.0. The van der Waals surface area contributed by atoms with Gasteiger partial charge >= 0.3 is 0 Å². The Balaban J connectivity index is 2.05. The Labute approximate surface area is 179 Å². The summed E-state index contributed by atoms with van der Waals surface area (Å²) >= 11 is 0. The molecular weight excluding hydrogens is 402 g/mol. The molecule has 31 heavy (non-hydrogen) atoms. The summed E-state index contributed by atoms with van der Waals surface area (Å²) in [7, 11) is 2.57. The highest BCUT2D eigenvalue weighted by atomic mass is 16.5.